The summed E-state index contributed by atoms with van der Waals surface area (Å²) in [7, 11) is 1.69. The van der Waals surface area contributed by atoms with E-state index in [9.17, 15) is 4.79 Å². The van der Waals surface area contributed by atoms with E-state index in [4.69, 9.17) is 22.7 Å². The molecular weight excluding hydrogens is 236 g/mol. The van der Waals surface area contributed by atoms with Gasteiger partial charge < -0.3 is 15.4 Å². The van der Waals surface area contributed by atoms with Gasteiger partial charge in [0.1, 0.15) is 0 Å². The number of likely N-dealkylation sites (tertiary alicyclic amines) is 1. The van der Waals surface area contributed by atoms with Gasteiger partial charge in [-0.3, -0.25) is 4.79 Å². The highest BCUT2D eigenvalue weighted by Gasteiger charge is 2.38. The molecule has 0 radical (unpaired) electrons. The molecule has 1 saturated heterocycles. The second kappa shape index (κ2) is 5.31. The van der Waals surface area contributed by atoms with Crippen molar-refractivity contribution in [1.82, 2.24) is 4.90 Å². The summed E-state index contributed by atoms with van der Waals surface area (Å²) in [5.74, 6) is 0.482. The maximum atomic E-state index is 12.3. The van der Waals surface area contributed by atoms with Crippen LogP contribution in [0.2, 0.25) is 0 Å². The van der Waals surface area contributed by atoms with Crippen LogP contribution in [0.1, 0.15) is 27.2 Å². The van der Waals surface area contributed by atoms with Crippen LogP contribution in [0, 0.1) is 11.3 Å². The van der Waals surface area contributed by atoms with Gasteiger partial charge in [-0.05, 0) is 26.2 Å². The van der Waals surface area contributed by atoms with E-state index in [1.165, 1.54) is 0 Å². The highest BCUT2D eigenvalue weighted by molar-refractivity contribution is 7.80. The molecule has 4 nitrogen and oxygen atoms in total. The first kappa shape index (κ1) is 14.4. The molecule has 1 aliphatic rings. The number of hydrogen-bond donors (Lipinski definition) is 1. The molecule has 2 N–H and O–H groups in total. The zero-order valence-corrected chi connectivity index (χ0v) is 11.8. The number of carbonyl (C=O) groups is 1. The number of rotatable bonds is 3. The van der Waals surface area contributed by atoms with Gasteiger partial charge in [-0.1, -0.05) is 19.1 Å². The third-order valence-corrected chi connectivity index (χ3v) is 4.14. The number of nitrogens with two attached hydrogens (primary N) is 1. The van der Waals surface area contributed by atoms with Crippen LogP contribution in [0.5, 0.6) is 0 Å². The summed E-state index contributed by atoms with van der Waals surface area (Å²) in [6.07, 6.45) is 1.06. The fourth-order valence-electron chi connectivity index (χ4n) is 2.03. The van der Waals surface area contributed by atoms with Gasteiger partial charge in [0.15, 0.2) is 0 Å². The summed E-state index contributed by atoms with van der Waals surface area (Å²) in [4.78, 5) is 14.4. The Morgan fingerprint density at radius 3 is 2.59 bits per heavy atom. The fourth-order valence-corrected chi connectivity index (χ4v) is 2.11. The van der Waals surface area contributed by atoms with Crippen molar-refractivity contribution >= 4 is 23.1 Å². The summed E-state index contributed by atoms with van der Waals surface area (Å²) in [6.45, 7) is 7.08. The molecule has 0 aromatic heterocycles. The molecule has 1 amide bonds. The first-order valence-electron chi connectivity index (χ1n) is 5.92. The topological polar surface area (TPSA) is 55.6 Å². The van der Waals surface area contributed by atoms with Crippen LogP contribution in [0.3, 0.4) is 0 Å². The SMILES string of the molecule is COC1CN(C(=O)C(C)(C)C(N)=S)CCC1C. The van der Waals surface area contributed by atoms with E-state index in [2.05, 4.69) is 6.92 Å². The Bertz CT molecular complexity index is 318. The van der Waals surface area contributed by atoms with Gasteiger partial charge in [-0.25, -0.2) is 0 Å². The van der Waals surface area contributed by atoms with Crippen molar-refractivity contribution in [2.24, 2.45) is 17.1 Å². The standard InChI is InChI=1S/C12H22N2O2S/c1-8-5-6-14(7-9(8)16-4)11(15)12(2,3)10(13)17/h8-9H,5-7H2,1-4H3,(H2,13,17). The summed E-state index contributed by atoms with van der Waals surface area (Å²) >= 11 is 4.96. The van der Waals surface area contributed by atoms with E-state index >= 15 is 0 Å². The normalized spacial score (nSPS) is 25.8. The van der Waals surface area contributed by atoms with Crippen LogP contribution >= 0.6 is 12.2 Å². The predicted molar refractivity (Wildman–Crippen MR) is 71.7 cm³/mol. The predicted octanol–water partition coefficient (Wildman–Crippen LogP) is 1.18. The Morgan fingerprint density at radius 2 is 2.12 bits per heavy atom. The molecule has 0 bridgehead atoms. The lowest BCUT2D eigenvalue weighted by atomic mass is 9.88. The van der Waals surface area contributed by atoms with Gasteiger partial charge in [-0.2, -0.15) is 0 Å². The average molecular weight is 258 g/mol. The quantitative estimate of drug-likeness (QED) is 0.772. The molecule has 2 unspecified atom stereocenters. The molecule has 0 aliphatic carbocycles. The van der Waals surface area contributed by atoms with Crippen LogP contribution in [-0.2, 0) is 9.53 Å². The molecular formula is C12H22N2O2S. The largest absolute Gasteiger partial charge is 0.392 e. The second-order valence-corrected chi connectivity index (χ2v) is 5.72. The number of carbonyl (C=O) groups excluding carboxylic acids is 1. The fraction of sp³-hybridized carbons (Fsp3) is 0.833. The number of thiocarbonyl (C=S) groups is 1. The minimum Gasteiger partial charge on any atom is -0.392 e. The summed E-state index contributed by atoms with van der Waals surface area (Å²) in [5, 5.41) is 0. The van der Waals surface area contributed by atoms with Crippen LogP contribution in [0.15, 0.2) is 0 Å². The van der Waals surface area contributed by atoms with Gasteiger partial charge in [0.2, 0.25) is 5.91 Å². The van der Waals surface area contributed by atoms with Crippen LogP contribution in [-0.4, -0.2) is 42.1 Å². The molecule has 0 spiro atoms. The second-order valence-electron chi connectivity index (χ2n) is 5.28. The molecule has 0 saturated carbocycles. The monoisotopic (exact) mass is 258 g/mol. The lowest BCUT2D eigenvalue weighted by molar-refractivity contribution is -0.142. The van der Waals surface area contributed by atoms with E-state index in [0.29, 0.717) is 12.5 Å². The third kappa shape index (κ3) is 2.96. The zero-order valence-electron chi connectivity index (χ0n) is 11.0. The first-order chi connectivity index (χ1) is 7.80. The van der Waals surface area contributed by atoms with Crippen molar-refractivity contribution in [3.8, 4) is 0 Å². The molecule has 1 heterocycles. The minimum absolute atomic E-state index is 0.000972. The van der Waals surface area contributed by atoms with Gasteiger partial charge in [0.25, 0.3) is 0 Å². The van der Waals surface area contributed by atoms with Gasteiger partial charge >= 0.3 is 0 Å². The lowest BCUT2D eigenvalue weighted by Crippen LogP contribution is -2.53. The Morgan fingerprint density at radius 1 is 1.53 bits per heavy atom. The number of piperidine rings is 1. The smallest absolute Gasteiger partial charge is 0.235 e. The van der Waals surface area contributed by atoms with Crippen molar-refractivity contribution in [2.75, 3.05) is 20.2 Å². The minimum atomic E-state index is -0.770. The molecule has 5 heteroatoms. The zero-order chi connectivity index (χ0) is 13.2. The number of amides is 1. The van der Waals surface area contributed by atoms with Gasteiger partial charge in [-0.15, -0.1) is 0 Å². The van der Waals surface area contributed by atoms with E-state index < -0.39 is 5.41 Å². The Hall–Kier alpha value is -0.680. The van der Waals surface area contributed by atoms with E-state index in [1.54, 1.807) is 21.0 Å². The highest BCUT2D eigenvalue weighted by atomic mass is 32.1. The average Bonchev–Trinajstić information content (AvgIpc) is 2.28. The Kier molecular flexibility index (Phi) is 4.49. The highest BCUT2D eigenvalue weighted by Crippen LogP contribution is 2.25. The molecule has 0 aromatic rings. The van der Waals surface area contributed by atoms with Crippen molar-refractivity contribution in [1.29, 1.82) is 0 Å². The van der Waals surface area contributed by atoms with Crippen molar-refractivity contribution < 1.29 is 9.53 Å². The van der Waals surface area contributed by atoms with Crippen molar-refractivity contribution in [3.63, 3.8) is 0 Å². The number of ether oxygens (including phenoxy) is 1. The summed E-state index contributed by atoms with van der Waals surface area (Å²) in [5.41, 5.74) is 4.86. The Balaban J connectivity index is 2.75. The Labute approximate surface area is 108 Å². The van der Waals surface area contributed by atoms with Crippen LogP contribution in [0.4, 0.5) is 0 Å². The molecule has 2 atom stereocenters. The molecule has 1 fully saturated rings. The van der Waals surface area contributed by atoms with E-state index in [0.717, 1.165) is 13.0 Å². The summed E-state index contributed by atoms with van der Waals surface area (Å²) in [6, 6.07) is 0. The lowest BCUT2D eigenvalue weighted by Gasteiger charge is -2.39. The number of methoxy groups -OCH3 is 1. The van der Waals surface area contributed by atoms with E-state index in [1.807, 2.05) is 4.90 Å². The van der Waals surface area contributed by atoms with Crippen molar-refractivity contribution in [2.45, 2.75) is 33.3 Å². The number of nitrogens with zero attached hydrogens (tertiary/aromatic N) is 1. The molecule has 17 heavy (non-hydrogen) atoms. The maximum Gasteiger partial charge on any atom is 0.235 e. The molecule has 1 aliphatic heterocycles. The van der Waals surface area contributed by atoms with Crippen LogP contribution in [0.25, 0.3) is 0 Å². The summed E-state index contributed by atoms with van der Waals surface area (Å²) < 4.78 is 5.40. The molecule has 0 aromatic carbocycles. The van der Waals surface area contributed by atoms with Crippen LogP contribution < -0.4 is 5.73 Å². The first-order valence-corrected chi connectivity index (χ1v) is 6.33. The number of hydrogen-bond acceptors (Lipinski definition) is 3. The molecule has 1 rings (SSSR count). The van der Waals surface area contributed by atoms with Crippen molar-refractivity contribution in [3.05, 3.63) is 0 Å². The third-order valence-electron chi connectivity index (χ3n) is 3.63. The maximum absolute atomic E-state index is 12.3. The van der Waals surface area contributed by atoms with Gasteiger partial charge in [0, 0.05) is 20.2 Å². The van der Waals surface area contributed by atoms with E-state index in [-0.39, 0.29) is 17.0 Å². The molecule has 98 valence electrons. The van der Waals surface area contributed by atoms with Gasteiger partial charge in [0.05, 0.1) is 16.5 Å².